The number of nitrogens with one attached hydrogen (secondary N) is 2. The molecule has 0 saturated carbocycles. The van der Waals surface area contributed by atoms with E-state index in [1.807, 2.05) is 6.07 Å². The second kappa shape index (κ2) is 8.72. The van der Waals surface area contributed by atoms with Gasteiger partial charge in [-0.3, -0.25) is 4.79 Å². The third-order valence-corrected chi connectivity index (χ3v) is 3.91. The van der Waals surface area contributed by atoms with Gasteiger partial charge < -0.3 is 24.8 Å². The molecular weight excluding hydrogens is 360 g/mol. The summed E-state index contributed by atoms with van der Waals surface area (Å²) in [5.41, 5.74) is 1.40. The van der Waals surface area contributed by atoms with Gasteiger partial charge >= 0.3 is 0 Å². The van der Waals surface area contributed by atoms with Crippen LogP contribution in [0.1, 0.15) is 10.5 Å². The predicted octanol–water partition coefficient (Wildman–Crippen LogP) is 3.50. The van der Waals surface area contributed by atoms with Crippen LogP contribution in [0.4, 0.5) is 17.2 Å². The van der Waals surface area contributed by atoms with Gasteiger partial charge in [-0.1, -0.05) is 12.1 Å². The number of methoxy groups -OCH3 is 3. The second-order valence-corrected chi connectivity index (χ2v) is 5.63. The molecule has 144 valence electrons. The first-order valence-corrected chi connectivity index (χ1v) is 8.40. The van der Waals surface area contributed by atoms with Gasteiger partial charge in [-0.15, -0.1) is 0 Å². The molecule has 28 heavy (non-hydrogen) atoms. The Bertz CT molecular complexity index is 961. The number of ether oxygens (including phenoxy) is 3. The lowest BCUT2D eigenvalue weighted by Gasteiger charge is -2.12. The van der Waals surface area contributed by atoms with Crippen molar-refractivity contribution in [1.82, 2.24) is 9.97 Å². The Morgan fingerprint density at radius 1 is 0.857 bits per heavy atom. The molecule has 8 nitrogen and oxygen atoms in total. The van der Waals surface area contributed by atoms with Crippen molar-refractivity contribution < 1.29 is 19.0 Å². The van der Waals surface area contributed by atoms with Crippen LogP contribution >= 0.6 is 0 Å². The quantitative estimate of drug-likeness (QED) is 0.648. The van der Waals surface area contributed by atoms with E-state index in [0.717, 1.165) is 0 Å². The van der Waals surface area contributed by atoms with E-state index in [0.29, 0.717) is 34.4 Å². The Kier molecular flexibility index (Phi) is 5.91. The summed E-state index contributed by atoms with van der Waals surface area (Å²) in [6.45, 7) is 0. The number of rotatable bonds is 7. The van der Waals surface area contributed by atoms with Crippen LogP contribution < -0.4 is 24.8 Å². The van der Waals surface area contributed by atoms with Crippen LogP contribution in [-0.4, -0.2) is 37.2 Å². The van der Waals surface area contributed by atoms with E-state index in [1.54, 1.807) is 50.6 Å². The zero-order valence-corrected chi connectivity index (χ0v) is 15.7. The van der Waals surface area contributed by atoms with Gasteiger partial charge in [-0.2, -0.15) is 0 Å². The fourth-order valence-electron chi connectivity index (χ4n) is 2.49. The summed E-state index contributed by atoms with van der Waals surface area (Å²) < 4.78 is 15.8. The maximum Gasteiger partial charge on any atom is 0.275 e. The molecule has 2 aromatic carbocycles. The molecule has 0 spiro atoms. The van der Waals surface area contributed by atoms with Crippen LogP contribution in [0.3, 0.4) is 0 Å². The Hall–Kier alpha value is -3.81. The number of anilines is 3. The van der Waals surface area contributed by atoms with E-state index >= 15 is 0 Å². The van der Waals surface area contributed by atoms with Gasteiger partial charge in [0.2, 0.25) is 0 Å². The van der Waals surface area contributed by atoms with Crippen molar-refractivity contribution >= 4 is 23.1 Å². The first-order chi connectivity index (χ1) is 13.6. The summed E-state index contributed by atoms with van der Waals surface area (Å²) in [6.07, 6.45) is 2.86. The fraction of sp³-hybridized carbons (Fsp3) is 0.150. The highest BCUT2D eigenvalue weighted by Gasteiger charge is 2.12. The number of nitrogens with zero attached hydrogens (tertiary/aromatic N) is 2. The molecule has 3 rings (SSSR count). The van der Waals surface area contributed by atoms with Crippen molar-refractivity contribution in [2.45, 2.75) is 0 Å². The molecule has 8 heteroatoms. The maximum absolute atomic E-state index is 12.4. The van der Waals surface area contributed by atoms with Crippen LogP contribution in [0, 0.1) is 0 Å². The lowest BCUT2D eigenvalue weighted by molar-refractivity contribution is 0.102. The molecule has 0 atom stereocenters. The van der Waals surface area contributed by atoms with Crippen LogP contribution in [0.2, 0.25) is 0 Å². The van der Waals surface area contributed by atoms with Crippen molar-refractivity contribution in [2.24, 2.45) is 0 Å². The topological polar surface area (TPSA) is 94.6 Å². The van der Waals surface area contributed by atoms with Crippen LogP contribution in [-0.2, 0) is 0 Å². The minimum absolute atomic E-state index is 0.175. The number of carbonyl (C=O) groups is 1. The van der Waals surface area contributed by atoms with Crippen LogP contribution in [0.25, 0.3) is 0 Å². The predicted molar refractivity (Wildman–Crippen MR) is 106 cm³/mol. The average Bonchev–Trinajstić information content (AvgIpc) is 2.74. The summed E-state index contributed by atoms with van der Waals surface area (Å²) in [5, 5.41) is 5.86. The molecule has 0 aliphatic carbocycles. The highest BCUT2D eigenvalue weighted by molar-refractivity contribution is 6.03. The van der Waals surface area contributed by atoms with E-state index in [4.69, 9.17) is 14.2 Å². The van der Waals surface area contributed by atoms with Gasteiger partial charge in [0.05, 0.1) is 45.1 Å². The van der Waals surface area contributed by atoms with Gasteiger partial charge in [0.25, 0.3) is 5.91 Å². The van der Waals surface area contributed by atoms with E-state index in [-0.39, 0.29) is 11.6 Å². The summed E-state index contributed by atoms with van der Waals surface area (Å²) in [5.74, 6) is 1.93. The highest BCUT2D eigenvalue weighted by Crippen LogP contribution is 2.30. The molecule has 3 aromatic rings. The van der Waals surface area contributed by atoms with Gasteiger partial charge in [0.1, 0.15) is 28.8 Å². The van der Waals surface area contributed by atoms with Crippen LogP contribution in [0.15, 0.2) is 54.9 Å². The summed E-state index contributed by atoms with van der Waals surface area (Å²) in [6, 6.07) is 12.5. The highest BCUT2D eigenvalue weighted by atomic mass is 16.5. The molecular formula is C20H20N4O4. The third kappa shape index (κ3) is 4.29. The molecule has 1 heterocycles. The van der Waals surface area contributed by atoms with E-state index in [1.165, 1.54) is 19.5 Å². The van der Waals surface area contributed by atoms with Gasteiger partial charge in [-0.25, -0.2) is 9.97 Å². The zero-order valence-electron chi connectivity index (χ0n) is 15.7. The van der Waals surface area contributed by atoms with Gasteiger partial charge in [0.15, 0.2) is 0 Å². The van der Waals surface area contributed by atoms with Gasteiger partial charge in [-0.05, 0) is 24.3 Å². The summed E-state index contributed by atoms with van der Waals surface area (Å²) >= 11 is 0. The molecule has 2 N–H and O–H groups in total. The Balaban J connectivity index is 1.74. The average molecular weight is 380 g/mol. The number of carbonyl (C=O) groups excluding carboxylic acids is 1. The lowest BCUT2D eigenvalue weighted by atomic mass is 10.2. The molecule has 0 bridgehead atoms. The molecule has 1 aromatic heterocycles. The number of para-hydroxylation sites is 2. The molecule has 0 unspecified atom stereocenters. The minimum Gasteiger partial charge on any atom is -0.497 e. The number of hydrogen-bond donors (Lipinski definition) is 2. The van der Waals surface area contributed by atoms with Crippen LogP contribution in [0.5, 0.6) is 17.2 Å². The number of benzene rings is 2. The largest absolute Gasteiger partial charge is 0.497 e. The Labute approximate surface area is 162 Å². The van der Waals surface area contributed by atoms with Crippen molar-refractivity contribution in [1.29, 1.82) is 0 Å². The first kappa shape index (κ1) is 19.0. The number of aromatic nitrogens is 2. The molecule has 0 aliphatic heterocycles. The minimum atomic E-state index is -0.387. The molecule has 0 radical (unpaired) electrons. The summed E-state index contributed by atoms with van der Waals surface area (Å²) in [4.78, 5) is 20.8. The van der Waals surface area contributed by atoms with E-state index < -0.39 is 0 Å². The van der Waals surface area contributed by atoms with Crippen molar-refractivity contribution in [3.63, 3.8) is 0 Å². The van der Waals surface area contributed by atoms with E-state index in [2.05, 4.69) is 20.6 Å². The smallest absolute Gasteiger partial charge is 0.275 e. The Morgan fingerprint density at radius 3 is 2.29 bits per heavy atom. The standard InChI is InChI=1S/C20H20N4O4/c1-26-13-8-9-18(28-3)15(10-13)23-19-12-21-16(11-22-19)20(25)24-14-6-4-5-7-17(14)27-2/h4-12H,1-3H3,(H,22,23)(H,24,25). The lowest BCUT2D eigenvalue weighted by Crippen LogP contribution is -2.14. The number of hydrogen-bond acceptors (Lipinski definition) is 7. The fourth-order valence-corrected chi connectivity index (χ4v) is 2.49. The number of amides is 1. The molecule has 0 aliphatic rings. The maximum atomic E-state index is 12.4. The summed E-state index contributed by atoms with van der Waals surface area (Å²) in [7, 11) is 4.70. The van der Waals surface area contributed by atoms with Gasteiger partial charge in [0, 0.05) is 6.07 Å². The SMILES string of the molecule is COc1ccc(OC)c(Nc2cnc(C(=O)Nc3ccccc3OC)cn2)c1. The molecule has 0 saturated heterocycles. The Morgan fingerprint density at radius 2 is 1.61 bits per heavy atom. The third-order valence-electron chi connectivity index (χ3n) is 3.91. The van der Waals surface area contributed by atoms with Crippen molar-refractivity contribution in [3.8, 4) is 17.2 Å². The first-order valence-electron chi connectivity index (χ1n) is 8.40. The zero-order chi connectivity index (χ0) is 19.9. The normalized spacial score (nSPS) is 10.1. The van der Waals surface area contributed by atoms with Crippen molar-refractivity contribution in [3.05, 3.63) is 60.6 Å². The second-order valence-electron chi connectivity index (χ2n) is 5.63. The van der Waals surface area contributed by atoms with Crippen molar-refractivity contribution in [2.75, 3.05) is 32.0 Å². The monoisotopic (exact) mass is 380 g/mol. The molecule has 1 amide bonds. The van der Waals surface area contributed by atoms with E-state index in [9.17, 15) is 4.79 Å². The molecule has 0 fully saturated rings.